The van der Waals surface area contributed by atoms with Crippen LogP contribution in [0.2, 0.25) is 0 Å². The molecular formula is C12H24N2O2S3. The van der Waals surface area contributed by atoms with Crippen LogP contribution in [0.5, 0.6) is 0 Å². The normalized spacial score (nSPS) is 30.4. The fourth-order valence-corrected chi connectivity index (χ4v) is 6.19. The molecule has 2 unspecified atom stereocenters. The number of piperidine rings is 1. The van der Waals surface area contributed by atoms with Gasteiger partial charge in [-0.1, -0.05) is 0 Å². The molecule has 1 N–H and O–H groups in total. The molecule has 0 saturated carbocycles. The zero-order chi connectivity index (χ0) is 13.7. The molecule has 0 spiro atoms. The minimum absolute atomic E-state index is 0.477. The van der Waals surface area contributed by atoms with E-state index in [9.17, 15) is 8.42 Å². The molecule has 0 radical (unpaired) electrons. The Balaban J connectivity index is 1.67. The summed E-state index contributed by atoms with van der Waals surface area (Å²) in [5, 5.41) is 4.27. The smallest absolute Gasteiger partial charge is 0.211 e. The van der Waals surface area contributed by atoms with Crippen molar-refractivity contribution in [2.24, 2.45) is 5.92 Å². The van der Waals surface area contributed by atoms with Crippen molar-refractivity contribution >= 4 is 33.5 Å². The molecule has 2 atom stereocenters. The highest BCUT2D eigenvalue weighted by Crippen LogP contribution is 2.23. The Bertz CT molecular complexity index is 369. The zero-order valence-corrected chi connectivity index (χ0v) is 14.0. The molecule has 0 amide bonds. The van der Waals surface area contributed by atoms with E-state index in [1.54, 1.807) is 4.31 Å². The van der Waals surface area contributed by atoms with Crippen LogP contribution in [0.1, 0.15) is 12.8 Å². The number of nitrogens with one attached hydrogen (secondary N) is 1. The van der Waals surface area contributed by atoms with E-state index >= 15 is 0 Å². The number of sulfonamides is 1. The molecule has 2 aliphatic heterocycles. The Morgan fingerprint density at radius 2 is 2.16 bits per heavy atom. The van der Waals surface area contributed by atoms with Crippen LogP contribution in [-0.2, 0) is 10.0 Å². The average molecular weight is 325 g/mol. The van der Waals surface area contributed by atoms with Gasteiger partial charge in [0.1, 0.15) is 0 Å². The van der Waals surface area contributed by atoms with Crippen LogP contribution in [0, 0.1) is 5.92 Å². The van der Waals surface area contributed by atoms with E-state index in [1.165, 1.54) is 23.5 Å². The molecule has 2 aliphatic rings. The van der Waals surface area contributed by atoms with E-state index in [1.807, 2.05) is 11.8 Å². The first-order valence-electron chi connectivity index (χ1n) is 6.91. The first-order valence-corrected chi connectivity index (χ1v) is 11.0. The second-order valence-corrected chi connectivity index (χ2v) is 9.90. The lowest BCUT2D eigenvalue weighted by Gasteiger charge is -2.31. The van der Waals surface area contributed by atoms with Crippen molar-refractivity contribution in [1.29, 1.82) is 0 Å². The molecule has 2 heterocycles. The maximum Gasteiger partial charge on any atom is 0.211 e. The molecule has 2 fully saturated rings. The van der Waals surface area contributed by atoms with Crippen molar-refractivity contribution in [3.63, 3.8) is 0 Å². The monoisotopic (exact) mass is 324 g/mol. The lowest BCUT2D eigenvalue weighted by molar-refractivity contribution is 0.262. The Hall–Kier alpha value is 0.570. The van der Waals surface area contributed by atoms with Crippen molar-refractivity contribution in [1.82, 2.24) is 9.62 Å². The SMILES string of the molecule is CS(=O)(=O)N1CCCC(CNCC2CSCCS2)C1. The number of nitrogens with zero attached hydrogens (tertiary/aromatic N) is 1. The standard InChI is InChI=1S/C12H24N2O2S3/c1-19(15,16)14-4-2-3-11(9-14)7-13-8-12-10-17-5-6-18-12/h11-13H,2-10H2,1H3. The summed E-state index contributed by atoms with van der Waals surface area (Å²) in [6.07, 6.45) is 3.46. The van der Waals surface area contributed by atoms with Crippen LogP contribution < -0.4 is 5.32 Å². The molecular weight excluding hydrogens is 300 g/mol. The summed E-state index contributed by atoms with van der Waals surface area (Å²) in [4.78, 5) is 0. The molecule has 0 aliphatic carbocycles. The zero-order valence-electron chi connectivity index (χ0n) is 11.5. The molecule has 2 saturated heterocycles. The molecule has 0 aromatic rings. The highest BCUT2D eigenvalue weighted by atomic mass is 32.2. The first kappa shape index (κ1) is 15.9. The van der Waals surface area contributed by atoms with Gasteiger partial charge in [-0.05, 0) is 25.3 Å². The van der Waals surface area contributed by atoms with Crippen LogP contribution in [0.3, 0.4) is 0 Å². The molecule has 0 aromatic heterocycles. The van der Waals surface area contributed by atoms with Gasteiger partial charge in [-0.15, -0.1) is 0 Å². The highest BCUT2D eigenvalue weighted by molar-refractivity contribution is 8.06. The van der Waals surface area contributed by atoms with E-state index in [0.29, 0.717) is 19.0 Å². The Morgan fingerprint density at radius 1 is 1.32 bits per heavy atom. The molecule has 19 heavy (non-hydrogen) atoms. The second-order valence-electron chi connectivity index (χ2n) is 5.36. The number of rotatable bonds is 5. The van der Waals surface area contributed by atoms with E-state index in [0.717, 1.165) is 31.2 Å². The van der Waals surface area contributed by atoms with Gasteiger partial charge >= 0.3 is 0 Å². The van der Waals surface area contributed by atoms with Crippen LogP contribution >= 0.6 is 23.5 Å². The fourth-order valence-electron chi connectivity index (χ4n) is 2.60. The maximum absolute atomic E-state index is 11.6. The summed E-state index contributed by atoms with van der Waals surface area (Å²) >= 11 is 4.11. The second kappa shape index (κ2) is 7.54. The predicted molar refractivity (Wildman–Crippen MR) is 85.6 cm³/mol. The van der Waals surface area contributed by atoms with Gasteiger partial charge in [-0.3, -0.25) is 0 Å². The largest absolute Gasteiger partial charge is 0.315 e. The topological polar surface area (TPSA) is 49.4 Å². The minimum atomic E-state index is -3.01. The van der Waals surface area contributed by atoms with Crippen molar-refractivity contribution in [3.8, 4) is 0 Å². The van der Waals surface area contributed by atoms with Crippen molar-refractivity contribution in [2.75, 3.05) is 49.7 Å². The van der Waals surface area contributed by atoms with Crippen LogP contribution in [0.15, 0.2) is 0 Å². The lowest BCUT2D eigenvalue weighted by atomic mass is 10.00. The summed E-state index contributed by atoms with van der Waals surface area (Å²) in [7, 11) is -3.01. The van der Waals surface area contributed by atoms with E-state index in [4.69, 9.17) is 0 Å². The molecule has 0 bridgehead atoms. The summed E-state index contributed by atoms with van der Waals surface area (Å²) in [6.45, 7) is 3.41. The third-order valence-electron chi connectivity index (χ3n) is 3.64. The van der Waals surface area contributed by atoms with Crippen molar-refractivity contribution in [3.05, 3.63) is 0 Å². The van der Waals surface area contributed by atoms with Crippen LogP contribution in [0.4, 0.5) is 0 Å². The van der Waals surface area contributed by atoms with Gasteiger partial charge in [0.05, 0.1) is 6.26 Å². The first-order chi connectivity index (χ1) is 9.05. The molecule has 0 aromatic carbocycles. The summed E-state index contributed by atoms with van der Waals surface area (Å²) < 4.78 is 24.7. The van der Waals surface area contributed by atoms with Gasteiger partial charge in [0.15, 0.2) is 0 Å². The van der Waals surface area contributed by atoms with E-state index in [-0.39, 0.29) is 0 Å². The van der Waals surface area contributed by atoms with Crippen molar-refractivity contribution < 1.29 is 8.42 Å². The Kier molecular flexibility index (Phi) is 6.33. The molecule has 112 valence electrons. The molecule has 2 rings (SSSR count). The average Bonchev–Trinajstić information content (AvgIpc) is 2.39. The minimum Gasteiger partial charge on any atom is -0.315 e. The summed E-state index contributed by atoms with van der Waals surface area (Å²) in [5.41, 5.74) is 0. The lowest BCUT2D eigenvalue weighted by Crippen LogP contribution is -2.43. The van der Waals surface area contributed by atoms with Gasteiger partial charge in [0.2, 0.25) is 10.0 Å². The van der Waals surface area contributed by atoms with Crippen LogP contribution in [0.25, 0.3) is 0 Å². The Labute approximate surface area is 125 Å². The predicted octanol–water partition coefficient (Wildman–Crippen LogP) is 1.10. The number of hydrogen-bond acceptors (Lipinski definition) is 5. The summed E-state index contributed by atoms with van der Waals surface area (Å²) in [6, 6.07) is 0. The summed E-state index contributed by atoms with van der Waals surface area (Å²) in [5.74, 6) is 4.28. The number of thioether (sulfide) groups is 2. The van der Waals surface area contributed by atoms with Gasteiger partial charge < -0.3 is 5.32 Å². The van der Waals surface area contributed by atoms with E-state index < -0.39 is 10.0 Å². The van der Waals surface area contributed by atoms with Gasteiger partial charge in [0, 0.05) is 42.1 Å². The highest BCUT2D eigenvalue weighted by Gasteiger charge is 2.25. The quantitative estimate of drug-likeness (QED) is 0.820. The number of hydrogen-bond donors (Lipinski definition) is 1. The molecule has 7 heteroatoms. The van der Waals surface area contributed by atoms with Crippen molar-refractivity contribution in [2.45, 2.75) is 18.1 Å². The fraction of sp³-hybridized carbons (Fsp3) is 1.00. The van der Waals surface area contributed by atoms with Gasteiger partial charge in [-0.25, -0.2) is 12.7 Å². The van der Waals surface area contributed by atoms with Gasteiger partial charge in [-0.2, -0.15) is 23.5 Å². The third-order valence-corrected chi connectivity index (χ3v) is 7.76. The van der Waals surface area contributed by atoms with E-state index in [2.05, 4.69) is 17.1 Å². The maximum atomic E-state index is 11.6. The molecule has 4 nitrogen and oxygen atoms in total. The Morgan fingerprint density at radius 3 is 2.84 bits per heavy atom. The van der Waals surface area contributed by atoms with Crippen LogP contribution in [-0.4, -0.2) is 67.7 Å². The third kappa shape index (κ3) is 5.46. The van der Waals surface area contributed by atoms with Gasteiger partial charge in [0.25, 0.3) is 0 Å².